The van der Waals surface area contributed by atoms with E-state index in [1.807, 2.05) is 33.5 Å². The summed E-state index contributed by atoms with van der Waals surface area (Å²) in [6.45, 7) is 15.2. The van der Waals surface area contributed by atoms with E-state index in [-0.39, 0.29) is 5.69 Å². The van der Waals surface area contributed by atoms with Crippen LogP contribution in [0.25, 0.3) is 16.7 Å². The number of aromatic nitrogens is 5. The van der Waals surface area contributed by atoms with Crippen LogP contribution >= 0.6 is 11.6 Å². The number of unbranched alkanes of at least 4 members (excludes halogenated alkanes) is 1. The van der Waals surface area contributed by atoms with Gasteiger partial charge in [0.05, 0.1) is 29.5 Å². The van der Waals surface area contributed by atoms with Crippen LogP contribution in [0.2, 0.25) is 21.6 Å². The van der Waals surface area contributed by atoms with Crippen LogP contribution in [0.4, 0.5) is 0 Å². The van der Waals surface area contributed by atoms with E-state index in [1.165, 1.54) is 0 Å². The van der Waals surface area contributed by atoms with E-state index in [2.05, 4.69) is 50.9 Å². The zero-order valence-corrected chi connectivity index (χ0v) is 25.9. The molecule has 4 aromatic rings. The molecule has 0 saturated heterocycles. The number of imidazole rings is 2. The highest BCUT2D eigenvalue weighted by Gasteiger charge is 2.44. The Labute approximate surface area is 237 Å². The van der Waals surface area contributed by atoms with Crippen LogP contribution in [-0.2, 0) is 17.4 Å². The van der Waals surface area contributed by atoms with Crippen molar-refractivity contribution in [2.75, 3.05) is 6.61 Å². The van der Waals surface area contributed by atoms with Crippen LogP contribution in [0.5, 0.6) is 0 Å². The van der Waals surface area contributed by atoms with Gasteiger partial charge in [0.1, 0.15) is 5.65 Å². The number of rotatable bonds is 12. The zero-order valence-electron chi connectivity index (χ0n) is 24.2. The molecule has 9 heteroatoms. The molecule has 0 unspecified atom stereocenters. The third-order valence-corrected chi connectivity index (χ3v) is 15.0. The van der Waals surface area contributed by atoms with E-state index in [9.17, 15) is 4.79 Å². The van der Waals surface area contributed by atoms with Crippen LogP contribution in [-0.4, -0.2) is 38.4 Å². The highest BCUT2D eigenvalue weighted by molar-refractivity contribution is 6.77. The molecule has 0 atom stereocenters. The van der Waals surface area contributed by atoms with Gasteiger partial charge in [-0.3, -0.25) is 14.1 Å². The third-order valence-electron chi connectivity index (χ3n) is 8.62. The number of nitrogens with zero attached hydrogens (tertiary/aromatic N) is 5. The van der Waals surface area contributed by atoms with E-state index < -0.39 is 8.32 Å². The number of fused-ring (bicyclic) bond motifs is 2. The predicted octanol–water partition coefficient (Wildman–Crippen LogP) is 7.40. The monoisotopic (exact) mass is 567 g/mol. The first-order valence-electron chi connectivity index (χ1n) is 14.5. The highest BCUT2D eigenvalue weighted by atomic mass is 35.5. The van der Waals surface area contributed by atoms with E-state index in [4.69, 9.17) is 21.0 Å². The van der Waals surface area contributed by atoms with Crippen LogP contribution in [0.1, 0.15) is 84.7 Å². The van der Waals surface area contributed by atoms with Gasteiger partial charge in [-0.05, 0) is 60.9 Å². The number of hydrogen-bond acceptors (Lipinski definition) is 4. The maximum Gasteiger partial charge on any atom is 0.329 e. The second-order valence-electron chi connectivity index (χ2n) is 12.0. The Kier molecular flexibility index (Phi) is 8.09. The van der Waals surface area contributed by atoms with Gasteiger partial charge < -0.3 is 8.83 Å². The van der Waals surface area contributed by atoms with Crippen LogP contribution in [0.3, 0.4) is 0 Å². The van der Waals surface area contributed by atoms with Crippen molar-refractivity contribution in [2.24, 2.45) is 0 Å². The molecule has 1 aliphatic carbocycles. The smallest absolute Gasteiger partial charge is 0.329 e. The number of pyridine rings is 2. The molecule has 4 aromatic heterocycles. The van der Waals surface area contributed by atoms with Crippen molar-refractivity contribution >= 4 is 36.6 Å². The molecule has 5 rings (SSSR count). The van der Waals surface area contributed by atoms with Crippen molar-refractivity contribution in [1.29, 1.82) is 0 Å². The maximum atomic E-state index is 13.5. The van der Waals surface area contributed by atoms with E-state index in [0.29, 0.717) is 34.2 Å². The standard InChI is InChI=1S/C30H42ClN5O2Si/c1-20(2)39(21(3)4,22(5)6)38-16-8-7-9-26-25(33-29-17-23(31)13-15-34(26)29)19-35-28-18-32-14-12-27(28)36(30(35)37)24-10-11-24/h12-15,17-18,20-22,24H,7-11,16,19H2,1-6H3. The average molecular weight is 568 g/mol. The summed E-state index contributed by atoms with van der Waals surface area (Å²) in [7, 11) is -1.87. The van der Waals surface area contributed by atoms with Crippen molar-refractivity contribution < 1.29 is 4.43 Å². The first-order valence-corrected chi connectivity index (χ1v) is 17.0. The fourth-order valence-electron chi connectivity index (χ4n) is 6.77. The Hall–Kier alpha value is -2.42. The maximum absolute atomic E-state index is 13.5. The van der Waals surface area contributed by atoms with Crippen molar-refractivity contribution in [1.82, 2.24) is 23.5 Å². The minimum absolute atomic E-state index is 0.0206. The fourth-order valence-corrected chi connectivity index (χ4v) is 12.4. The molecule has 210 valence electrons. The Morgan fingerprint density at radius 3 is 2.44 bits per heavy atom. The second-order valence-corrected chi connectivity index (χ2v) is 17.9. The summed E-state index contributed by atoms with van der Waals surface area (Å²) in [5.74, 6) is 0. The summed E-state index contributed by atoms with van der Waals surface area (Å²) in [4.78, 5) is 22.8. The van der Waals surface area contributed by atoms with E-state index in [1.54, 1.807) is 12.4 Å². The first-order chi connectivity index (χ1) is 18.6. The lowest BCUT2D eigenvalue weighted by Gasteiger charge is -2.42. The third kappa shape index (κ3) is 5.23. The highest BCUT2D eigenvalue weighted by Crippen LogP contribution is 2.42. The molecular weight excluding hydrogens is 526 g/mol. The van der Waals surface area contributed by atoms with Gasteiger partial charge in [-0.25, -0.2) is 9.78 Å². The summed E-state index contributed by atoms with van der Waals surface area (Å²) in [5, 5.41) is 0.656. The number of halogens is 1. The van der Waals surface area contributed by atoms with E-state index in [0.717, 1.165) is 66.8 Å². The molecular formula is C30H42ClN5O2Si. The second kappa shape index (κ2) is 11.2. The van der Waals surface area contributed by atoms with Crippen LogP contribution < -0.4 is 5.69 Å². The summed E-state index contributed by atoms with van der Waals surface area (Å²) in [6, 6.07) is 6.03. The molecule has 0 N–H and O–H groups in total. The topological polar surface area (TPSA) is 66.3 Å². The van der Waals surface area contributed by atoms with Gasteiger partial charge in [0.25, 0.3) is 0 Å². The summed E-state index contributed by atoms with van der Waals surface area (Å²) < 4.78 is 12.7. The minimum Gasteiger partial charge on any atom is -0.416 e. The Bertz CT molecular complexity index is 1490. The molecule has 0 aromatic carbocycles. The average Bonchev–Trinajstić information content (AvgIpc) is 3.60. The lowest BCUT2D eigenvalue weighted by molar-refractivity contribution is 0.269. The van der Waals surface area contributed by atoms with Crippen molar-refractivity contribution in [3.05, 3.63) is 63.7 Å². The molecule has 1 fully saturated rings. The van der Waals surface area contributed by atoms with Crippen molar-refractivity contribution in [2.45, 2.75) is 103 Å². The van der Waals surface area contributed by atoms with Crippen molar-refractivity contribution in [3.63, 3.8) is 0 Å². The molecule has 7 nitrogen and oxygen atoms in total. The molecule has 39 heavy (non-hydrogen) atoms. The summed E-state index contributed by atoms with van der Waals surface area (Å²) in [5.41, 5.74) is 6.44. The Balaban J connectivity index is 1.39. The quantitative estimate of drug-likeness (QED) is 0.132. The molecule has 0 radical (unpaired) electrons. The first kappa shape index (κ1) is 28.1. The SMILES string of the molecule is CC(C)[Si](OCCCCc1c(Cn2c(=O)n(C3CC3)c3ccncc32)nc2cc(Cl)ccn12)(C(C)C)C(C)C. The molecule has 0 amide bonds. The van der Waals surface area contributed by atoms with Gasteiger partial charge in [0.2, 0.25) is 0 Å². The van der Waals surface area contributed by atoms with Gasteiger partial charge in [0, 0.05) is 41.8 Å². The van der Waals surface area contributed by atoms with Gasteiger partial charge >= 0.3 is 5.69 Å². The van der Waals surface area contributed by atoms with Crippen molar-refractivity contribution in [3.8, 4) is 0 Å². The Morgan fingerprint density at radius 2 is 1.77 bits per heavy atom. The lowest BCUT2D eigenvalue weighted by Crippen LogP contribution is -2.47. The zero-order chi connectivity index (χ0) is 27.9. The number of hydrogen-bond donors (Lipinski definition) is 0. The minimum atomic E-state index is -1.87. The molecule has 4 heterocycles. The summed E-state index contributed by atoms with van der Waals surface area (Å²) >= 11 is 6.32. The van der Waals surface area contributed by atoms with Gasteiger partial charge in [0.15, 0.2) is 8.32 Å². The lowest BCUT2D eigenvalue weighted by atomic mass is 10.1. The van der Waals surface area contributed by atoms with Gasteiger partial charge in [-0.15, -0.1) is 0 Å². The number of aryl methyl sites for hydroxylation is 1. The van der Waals surface area contributed by atoms with E-state index >= 15 is 0 Å². The largest absolute Gasteiger partial charge is 0.416 e. The Morgan fingerprint density at radius 1 is 1.05 bits per heavy atom. The normalized spacial score (nSPS) is 14.6. The molecule has 0 aliphatic heterocycles. The fraction of sp³-hybridized carbons (Fsp3) is 0.567. The molecule has 1 saturated carbocycles. The predicted molar refractivity (Wildman–Crippen MR) is 162 cm³/mol. The van der Waals surface area contributed by atoms with Crippen LogP contribution in [0, 0.1) is 0 Å². The van der Waals surface area contributed by atoms with Crippen LogP contribution in [0.15, 0.2) is 41.6 Å². The van der Waals surface area contributed by atoms with Gasteiger partial charge in [-0.2, -0.15) is 0 Å². The molecule has 0 spiro atoms. The molecule has 1 aliphatic rings. The molecule has 0 bridgehead atoms. The summed E-state index contributed by atoms with van der Waals surface area (Å²) in [6.07, 6.45) is 10.5. The van der Waals surface area contributed by atoms with Gasteiger partial charge in [-0.1, -0.05) is 53.1 Å².